The Labute approximate surface area is 187 Å². The van der Waals surface area contributed by atoms with E-state index in [1.54, 1.807) is 45.2 Å². The van der Waals surface area contributed by atoms with Crippen molar-refractivity contribution in [1.82, 2.24) is 5.32 Å². The van der Waals surface area contributed by atoms with Crippen molar-refractivity contribution in [3.05, 3.63) is 53.6 Å². The van der Waals surface area contributed by atoms with E-state index in [0.717, 1.165) is 16.7 Å². The van der Waals surface area contributed by atoms with Gasteiger partial charge in [-0.1, -0.05) is 32.0 Å². The van der Waals surface area contributed by atoms with Crippen molar-refractivity contribution in [2.24, 2.45) is 5.92 Å². The number of nitrogens with one attached hydrogen (secondary N) is 1. The van der Waals surface area contributed by atoms with Crippen LogP contribution in [0.3, 0.4) is 0 Å². The van der Waals surface area contributed by atoms with Gasteiger partial charge in [0.15, 0.2) is 0 Å². The predicted octanol–water partition coefficient (Wildman–Crippen LogP) is 1.22. The average Bonchev–Trinajstić information content (AvgIpc) is 2.79. The standard InChI is InChI=1S/C24H31NO7/c1-12(2)18(26)22-20(28)19(27)21(29)24(32-22)31-17-9-8-15(10-13(17)3)14-6-5-7-16(11-14)23(30)25-4/h5-12,18-22,24,26-29H,1-4H3,(H,25,30)/t18-,19+,20-,21+,22+,24-/m0/s1. The van der Waals surface area contributed by atoms with Gasteiger partial charge < -0.3 is 35.2 Å². The molecule has 5 N–H and O–H groups in total. The van der Waals surface area contributed by atoms with Crippen molar-refractivity contribution in [3.63, 3.8) is 0 Å². The van der Waals surface area contributed by atoms with Crippen LogP contribution in [0.1, 0.15) is 29.8 Å². The van der Waals surface area contributed by atoms with Crippen molar-refractivity contribution in [2.45, 2.75) is 57.6 Å². The van der Waals surface area contributed by atoms with E-state index in [-0.39, 0.29) is 11.8 Å². The van der Waals surface area contributed by atoms with Crippen LogP contribution in [0.25, 0.3) is 11.1 Å². The first-order valence-electron chi connectivity index (χ1n) is 10.6. The second kappa shape index (κ2) is 9.97. The first-order chi connectivity index (χ1) is 15.1. The van der Waals surface area contributed by atoms with Crippen LogP contribution < -0.4 is 10.1 Å². The quantitative estimate of drug-likeness (QED) is 0.452. The number of carbonyl (C=O) groups is 1. The number of ether oxygens (including phenoxy) is 2. The summed E-state index contributed by atoms with van der Waals surface area (Å²) in [5.74, 6) is 0.0109. The molecule has 0 unspecified atom stereocenters. The van der Waals surface area contributed by atoms with Crippen LogP contribution in [-0.2, 0) is 4.74 Å². The second-order valence-electron chi connectivity index (χ2n) is 8.43. The lowest BCUT2D eigenvalue weighted by molar-refractivity contribution is -0.291. The fourth-order valence-electron chi connectivity index (χ4n) is 3.70. The Morgan fingerprint density at radius 1 is 1.03 bits per heavy atom. The molecule has 3 rings (SSSR count). The largest absolute Gasteiger partial charge is 0.462 e. The lowest BCUT2D eigenvalue weighted by Gasteiger charge is -2.42. The van der Waals surface area contributed by atoms with E-state index in [4.69, 9.17) is 9.47 Å². The van der Waals surface area contributed by atoms with E-state index >= 15 is 0 Å². The highest BCUT2D eigenvalue weighted by molar-refractivity contribution is 5.95. The van der Waals surface area contributed by atoms with Crippen molar-refractivity contribution in [1.29, 1.82) is 0 Å². The number of hydrogen-bond donors (Lipinski definition) is 5. The van der Waals surface area contributed by atoms with Crippen molar-refractivity contribution in [3.8, 4) is 16.9 Å². The second-order valence-corrected chi connectivity index (χ2v) is 8.43. The van der Waals surface area contributed by atoms with E-state index in [0.29, 0.717) is 11.3 Å². The number of amides is 1. The van der Waals surface area contributed by atoms with Gasteiger partial charge >= 0.3 is 0 Å². The van der Waals surface area contributed by atoms with Crippen LogP contribution in [0.4, 0.5) is 0 Å². The summed E-state index contributed by atoms with van der Waals surface area (Å²) in [6, 6.07) is 12.6. The van der Waals surface area contributed by atoms with Gasteiger partial charge in [-0.05, 0) is 53.8 Å². The van der Waals surface area contributed by atoms with Crippen molar-refractivity contribution < 1.29 is 34.7 Å². The summed E-state index contributed by atoms with van der Waals surface area (Å²) in [5, 5.41) is 43.8. The summed E-state index contributed by atoms with van der Waals surface area (Å²) >= 11 is 0. The van der Waals surface area contributed by atoms with Gasteiger partial charge in [0.2, 0.25) is 6.29 Å². The van der Waals surface area contributed by atoms with Gasteiger partial charge in [0, 0.05) is 12.6 Å². The van der Waals surface area contributed by atoms with Gasteiger partial charge in [-0.3, -0.25) is 4.79 Å². The van der Waals surface area contributed by atoms with Crippen LogP contribution in [-0.4, -0.2) is 70.2 Å². The molecule has 8 nitrogen and oxygen atoms in total. The molecule has 0 saturated carbocycles. The topological polar surface area (TPSA) is 128 Å². The van der Waals surface area contributed by atoms with Crippen LogP contribution in [0.15, 0.2) is 42.5 Å². The van der Waals surface area contributed by atoms with Crippen LogP contribution in [0, 0.1) is 12.8 Å². The van der Waals surface area contributed by atoms with Gasteiger partial charge in [-0.15, -0.1) is 0 Å². The summed E-state index contributed by atoms with van der Waals surface area (Å²) in [6.45, 7) is 5.34. The number of aliphatic hydroxyl groups is 4. The summed E-state index contributed by atoms with van der Waals surface area (Å²) in [5.41, 5.74) is 3.01. The van der Waals surface area contributed by atoms with Crippen LogP contribution in [0.2, 0.25) is 0 Å². The fraction of sp³-hybridized carbons (Fsp3) is 0.458. The van der Waals surface area contributed by atoms with E-state index in [1.807, 2.05) is 25.1 Å². The monoisotopic (exact) mass is 445 g/mol. The first-order valence-corrected chi connectivity index (χ1v) is 10.6. The Kier molecular flexibility index (Phi) is 7.53. The Morgan fingerprint density at radius 2 is 1.72 bits per heavy atom. The number of hydrogen-bond acceptors (Lipinski definition) is 7. The highest BCUT2D eigenvalue weighted by Crippen LogP contribution is 2.31. The summed E-state index contributed by atoms with van der Waals surface area (Å²) in [4.78, 5) is 11.9. The molecule has 1 heterocycles. The molecule has 1 aliphatic rings. The van der Waals surface area contributed by atoms with E-state index in [2.05, 4.69) is 5.32 Å². The molecule has 2 aromatic carbocycles. The molecule has 8 heteroatoms. The zero-order valence-corrected chi connectivity index (χ0v) is 18.6. The molecule has 2 aromatic rings. The molecule has 1 fully saturated rings. The molecule has 0 radical (unpaired) electrons. The third-order valence-corrected chi connectivity index (χ3v) is 5.73. The normalized spacial score (nSPS) is 26.6. The van der Waals surface area contributed by atoms with Gasteiger partial charge in [-0.2, -0.15) is 0 Å². The van der Waals surface area contributed by atoms with Crippen LogP contribution in [0.5, 0.6) is 5.75 Å². The van der Waals surface area contributed by atoms with Gasteiger partial charge in [-0.25, -0.2) is 0 Å². The average molecular weight is 446 g/mol. The number of benzene rings is 2. The molecular formula is C24H31NO7. The van der Waals surface area contributed by atoms with E-state index in [1.165, 1.54) is 0 Å². The number of aryl methyl sites for hydroxylation is 1. The Bertz CT molecular complexity index is 948. The number of aliphatic hydroxyl groups excluding tert-OH is 4. The van der Waals surface area contributed by atoms with Crippen molar-refractivity contribution in [2.75, 3.05) is 7.05 Å². The van der Waals surface area contributed by atoms with Crippen molar-refractivity contribution >= 4 is 5.91 Å². The Balaban J connectivity index is 1.81. The van der Waals surface area contributed by atoms with E-state index in [9.17, 15) is 25.2 Å². The lowest BCUT2D eigenvalue weighted by atomic mass is 9.90. The SMILES string of the molecule is CNC(=O)c1cccc(-c2ccc(O[C@H]3O[C@H]([C@@H](O)C(C)C)[C@@H](O)[C@@H](O)[C@H]3O)c(C)c2)c1. The molecule has 0 aliphatic carbocycles. The molecule has 1 amide bonds. The highest BCUT2D eigenvalue weighted by Gasteiger charge is 2.48. The number of carbonyl (C=O) groups excluding carboxylic acids is 1. The molecule has 6 atom stereocenters. The zero-order valence-electron chi connectivity index (χ0n) is 18.6. The molecular weight excluding hydrogens is 414 g/mol. The maximum atomic E-state index is 11.9. The van der Waals surface area contributed by atoms with E-state index < -0.39 is 36.8 Å². The molecule has 174 valence electrons. The molecule has 0 spiro atoms. The minimum atomic E-state index is -1.53. The molecule has 0 aromatic heterocycles. The summed E-state index contributed by atoms with van der Waals surface area (Å²) in [6.07, 6.45) is -7.89. The predicted molar refractivity (Wildman–Crippen MR) is 118 cm³/mol. The smallest absolute Gasteiger partial charge is 0.251 e. The Hall–Kier alpha value is -2.49. The molecule has 0 bridgehead atoms. The maximum absolute atomic E-state index is 11.9. The fourth-order valence-corrected chi connectivity index (χ4v) is 3.70. The number of rotatable bonds is 6. The molecule has 32 heavy (non-hydrogen) atoms. The minimum Gasteiger partial charge on any atom is -0.462 e. The zero-order chi connectivity index (χ0) is 23.6. The Morgan fingerprint density at radius 3 is 2.34 bits per heavy atom. The van der Waals surface area contributed by atoms with Gasteiger partial charge in [0.05, 0.1) is 6.10 Å². The third-order valence-electron chi connectivity index (χ3n) is 5.73. The first kappa shape index (κ1) is 24.2. The third kappa shape index (κ3) is 4.95. The maximum Gasteiger partial charge on any atom is 0.251 e. The summed E-state index contributed by atoms with van der Waals surface area (Å²) in [7, 11) is 1.58. The molecule has 1 saturated heterocycles. The van der Waals surface area contributed by atoms with Gasteiger partial charge in [0.25, 0.3) is 5.91 Å². The lowest BCUT2D eigenvalue weighted by Crippen LogP contribution is -2.62. The molecule has 1 aliphatic heterocycles. The minimum absolute atomic E-state index is 0.175. The highest BCUT2D eigenvalue weighted by atomic mass is 16.7. The van der Waals surface area contributed by atoms with Gasteiger partial charge in [0.1, 0.15) is 30.2 Å². The summed E-state index contributed by atoms with van der Waals surface area (Å²) < 4.78 is 11.5. The van der Waals surface area contributed by atoms with Crippen LogP contribution >= 0.6 is 0 Å².